The normalized spacial score (nSPS) is 21.1. The third kappa shape index (κ3) is 2.49. The number of hydrogen-bond donors (Lipinski definition) is 0. The zero-order valence-electron chi connectivity index (χ0n) is 5.66. The zero-order chi connectivity index (χ0) is 7.40. The molecule has 0 bridgehead atoms. The fraction of sp³-hybridized carbons (Fsp3) is 0.667. The summed E-state index contributed by atoms with van der Waals surface area (Å²) >= 11 is -1.94. The molecule has 10 heavy (non-hydrogen) atoms. The molecule has 0 saturated heterocycles. The molecular formula is C6H10NO2S-. The first-order valence-corrected chi connectivity index (χ1v) is 4.50. The highest BCUT2D eigenvalue weighted by Gasteiger charge is 2.01. The maximum Gasteiger partial charge on any atom is 0.0800 e. The summed E-state index contributed by atoms with van der Waals surface area (Å²) in [5.41, 5.74) is 0. The first-order valence-electron chi connectivity index (χ1n) is 3.25. The van der Waals surface area contributed by atoms with E-state index in [1.807, 2.05) is 12.3 Å². The molecule has 1 unspecified atom stereocenters. The van der Waals surface area contributed by atoms with E-state index >= 15 is 0 Å². The number of allylic oxidation sites excluding steroid dienone is 1. The van der Waals surface area contributed by atoms with Crippen LogP contribution >= 0.6 is 0 Å². The molecule has 4 heteroatoms. The van der Waals surface area contributed by atoms with Crippen molar-refractivity contribution in [2.24, 2.45) is 0 Å². The van der Waals surface area contributed by atoms with Gasteiger partial charge in [-0.25, -0.2) is 0 Å². The first-order chi connectivity index (χ1) is 4.79. The molecule has 0 spiro atoms. The molecular weight excluding hydrogens is 150 g/mol. The summed E-state index contributed by atoms with van der Waals surface area (Å²) in [6.07, 6.45) is 5.98. The van der Waals surface area contributed by atoms with Gasteiger partial charge in [-0.05, 0) is 30.1 Å². The van der Waals surface area contributed by atoms with Crippen molar-refractivity contribution in [2.75, 3.05) is 12.4 Å². The van der Waals surface area contributed by atoms with Gasteiger partial charge in [-0.15, -0.1) is 0 Å². The maximum atomic E-state index is 10.2. The van der Waals surface area contributed by atoms with Crippen molar-refractivity contribution in [2.45, 2.75) is 12.8 Å². The Labute approximate surface area is 63.0 Å². The molecule has 3 nitrogen and oxygen atoms in total. The van der Waals surface area contributed by atoms with Gasteiger partial charge in [0, 0.05) is 6.54 Å². The largest absolute Gasteiger partial charge is 0.771 e. The topological polar surface area (TPSA) is 43.4 Å². The lowest BCUT2D eigenvalue weighted by Gasteiger charge is -2.23. The summed E-state index contributed by atoms with van der Waals surface area (Å²) in [5.74, 6) is 0.135. The van der Waals surface area contributed by atoms with Crippen LogP contribution in [0.25, 0.3) is 0 Å². The highest BCUT2D eigenvalue weighted by Crippen LogP contribution is 2.04. The van der Waals surface area contributed by atoms with Gasteiger partial charge < -0.3 is 9.45 Å². The van der Waals surface area contributed by atoms with Crippen molar-refractivity contribution in [1.29, 1.82) is 0 Å². The highest BCUT2D eigenvalue weighted by atomic mass is 32.2. The summed E-state index contributed by atoms with van der Waals surface area (Å²) < 4.78 is 20.4. The van der Waals surface area contributed by atoms with Crippen molar-refractivity contribution < 1.29 is 8.76 Å². The fourth-order valence-electron chi connectivity index (χ4n) is 0.953. The van der Waals surface area contributed by atoms with Crippen LogP contribution in [0, 0.1) is 0 Å². The second-order valence-electron chi connectivity index (χ2n) is 2.27. The molecule has 1 heterocycles. The van der Waals surface area contributed by atoms with Gasteiger partial charge in [-0.2, -0.15) is 0 Å². The zero-order valence-corrected chi connectivity index (χ0v) is 6.47. The summed E-state index contributed by atoms with van der Waals surface area (Å²) in [5, 5.41) is 0. The second kappa shape index (κ2) is 3.73. The average Bonchev–Trinajstić information content (AvgIpc) is 1.88. The molecule has 0 saturated carbocycles. The molecule has 0 aliphatic carbocycles. The predicted molar refractivity (Wildman–Crippen MR) is 38.9 cm³/mol. The molecule has 0 fully saturated rings. The molecule has 0 aromatic carbocycles. The Morgan fingerprint density at radius 2 is 2.50 bits per heavy atom. The van der Waals surface area contributed by atoms with E-state index in [-0.39, 0.29) is 5.88 Å². The Bertz CT molecular complexity index is 158. The lowest BCUT2D eigenvalue weighted by atomic mass is 10.2. The molecule has 0 amide bonds. The van der Waals surface area contributed by atoms with Crippen molar-refractivity contribution in [3.05, 3.63) is 12.3 Å². The van der Waals surface area contributed by atoms with Crippen molar-refractivity contribution in [3.8, 4) is 0 Å². The van der Waals surface area contributed by atoms with Gasteiger partial charge in [0.1, 0.15) is 0 Å². The first kappa shape index (κ1) is 7.75. The minimum Gasteiger partial charge on any atom is -0.771 e. The van der Waals surface area contributed by atoms with Crippen molar-refractivity contribution >= 4 is 11.1 Å². The second-order valence-corrected chi connectivity index (χ2v) is 3.14. The molecule has 0 N–H and O–H groups in total. The van der Waals surface area contributed by atoms with Crippen LogP contribution in [0.5, 0.6) is 0 Å². The van der Waals surface area contributed by atoms with Crippen LogP contribution in [-0.2, 0) is 11.1 Å². The fourth-order valence-corrected chi connectivity index (χ4v) is 1.44. The van der Waals surface area contributed by atoms with Crippen molar-refractivity contribution in [3.63, 3.8) is 0 Å². The third-order valence-electron chi connectivity index (χ3n) is 1.40. The number of nitrogens with zero attached hydrogens (tertiary/aromatic N) is 1. The number of hydrogen-bond acceptors (Lipinski definition) is 3. The Morgan fingerprint density at radius 1 is 1.70 bits per heavy atom. The average molecular weight is 160 g/mol. The Kier molecular flexibility index (Phi) is 2.89. The molecule has 1 atom stereocenters. The van der Waals surface area contributed by atoms with E-state index < -0.39 is 11.1 Å². The summed E-state index contributed by atoms with van der Waals surface area (Å²) in [6.45, 7) is 0.866. The maximum absolute atomic E-state index is 10.2. The van der Waals surface area contributed by atoms with Crippen LogP contribution in [0.2, 0.25) is 0 Å². The van der Waals surface area contributed by atoms with E-state index in [9.17, 15) is 8.76 Å². The highest BCUT2D eigenvalue weighted by molar-refractivity contribution is 7.79. The van der Waals surface area contributed by atoms with Gasteiger partial charge in [-0.3, -0.25) is 4.21 Å². The van der Waals surface area contributed by atoms with E-state index in [0.717, 1.165) is 19.4 Å². The minimum atomic E-state index is -1.94. The van der Waals surface area contributed by atoms with Crippen LogP contribution < -0.4 is 0 Å². The minimum absolute atomic E-state index is 0.135. The third-order valence-corrected chi connectivity index (χ3v) is 1.95. The quantitative estimate of drug-likeness (QED) is 0.550. The van der Waals surface area contributed by atoms with Crippen LogP contribution in [0.15, 0.2) is 12.3 Å². The van der Waals surface area contributed by atoms with E-state index in [2.05, 4.69) is 0 Å². The Balaban J connectivity index is 2.33. The molecule has 0 aromatic rings. The van der Waals surface area contributed by atoms with Gasteiger partial charge in [0.25, 0.3) is 0 Å². The monoisotopic (exact) mass is 160 g/mol. The predicted octanol–water partition coefficient (Wildman–Crippen LogP) is 0.433. The van der Waals surface area contributed by atoms with Gasteiger partial charge in [0.15, 0.2) is 0 Å². The molecule has 1 aliphatic heterocycles. The van der Waals surface area contributed by atoms with Crippen LogP contribution in [0.1, 0.15) is 12.8 Å². The van der Waals surface area contributed by atoms with E-state index in [1.165, 1.54) is 0 Å². The van der Waals surface area contributed by atoms with Gasteiger partial charge >= 0.3 is 0 Å². The molecule has 0 radical (unpaired) electrons. The Morgan fingerprint density at radius 3 is 3.00 bits per heavy atom. The lowest BCUT2D eigenvalue weighted by molar-refractivity contribution is 0.392. The van der Waals surface area contributed by atoms with Crippen molar-refractivity contribution in [1.82, 2.24) is 4.90 Å². The SMILES string of the molecule is O=S([O-])CN1C=CCCC1. The Hall–Kier alpha value is -0.350. The van der Waals surface area contributed by atoms with Gasteiger partial charge in [0.05, 0.1) is 5.88 Å². The van der Waals surface area contributed by atoms with Gasteiger partial charge in [-0.1, -0.05) is 6.08 Å². The van der Waals surface area contributed by atoms with Crippen LogP contribution in [0.3, 0.4) is 0 Å². The van der Waals surface area contributed by atoms with E-state index in [1.54, 1.807) is 4.90 Å². The van der Waals surface area contributed by atoms with Gasteiger partial charge in [0.2, 0.25) is 0 Å². The number of rotatable bonds is 2. The molecule has 1 aliphatic rings. The van der Waals surface area contributed by atoms with E-state index in [0.29, 0.717) is 0 Å². The summed E-state index contributed by atoms with van der Waals surface area (Å²) in [6, 6.07) is 0. The standard InChI is InChI=1S/C6H11NO2S/c8-10(9)6-7-4-2-1-3-5-7/h2,4H,1,3,5-6H2,(H,8,9)/p-1. The van der Waals surface area contributed by atoms with E-state index in [4.69, 9.17) is 0 Å². The smallest absolute Gasteiger partial charge is 0.0800 e. The summed E-state index contributed by atoms with van der Waals surface area (Å²) in [4.78, 5) is 1.80. The van der Waals surface area contributed by atoms with Crippen LogP contribution in [-0.4, -0.2) is 26.1 Å². The molecule has 58 valence electrons. The lowest BCUT2D eigenvalue weighted by Crippen LogP contribution is -2.24. The molecule has 1 rings (SSSR count). The molecule has 0 aromatic heterocycles. The summed E-state index contributed by atoms with van der Waals surface area (Å²) in [7, 11) is 0. The van der Waals surface area contributed by atoms with Crippen LogP contribution in [0.4, 0.5) is 0 Å².